The molecular formula is C25H25BrN2O3. The Hall–Kier alpha value is -2.31. The SMILES string of the molecule is O=C1NC(c2ccccc2)C2C1C(c1ccc(Br)cc1)N1C(CC3=COCO3)CCC21. The van der Waals surface area contributed by atoms with Crippen molar-refractivity contribution in [1.29, 1.82) is 0 Å². The fourth-order valence-electron chi connectivity index (χ4n) is 6.31. The minimum Gasteiger partial charge on any atom is -0.462 e. The molecule has 4 heterocycles. The number of nitrogens with one attached hydrogen (secondary N) is 1. The number of halogens is 1. The van der Waals surface area contributed by atoms with Crippen LogP contribution in [-0.2, 0) is 14.3 Å². The molecule has 0 bridgehead atoms. The van der Waals surface area contributed by atoms with E-state index in [0.29, 0.717) is 18.9 Å². The van der Waals surface area contributed by atoms with Crippen LogP contribution in [0.5, 0.6) is 0 Å². The van der Waals surface area contributed by atoms with Gasteiger partial charge in [-0.3, -0.25) is 9.69 Å². The van der Waals surface area contributed by atoms with Gasteiger partial charge in [-0.1, -0.05) is 58.4 Å². The van der Waals surface area contributed by atoms with Crippen LogP contribution in [0.4, 0.5) is 0 Å². The maximum atomic E-state index is 13.4. The molecule has 6 atom stereocenters. The van der Waals surface area contributed by atoms with Crippen molar-refractivity contribution in [3.8, 4) is 0 Å². The van der Waals surface area contributed by atoms with Crippen molar-refractivity contribution in [2.75, 3.05) is 6.79 Å². The zero-order valence-corrected chi connectivity index (χ0v) is 18.7. The second-order valence-corrected chi connectivity index (χ2v) is 9.88. The van der Waals surface area contributed by atoms with Crippen LogP contribution < -0.4 is 5.32 Å². The predicted molar refractivity (Wildman–Crippen MR) is 120 cm³/mol. The Balaban J connectivity index is 1.40. The molecule has 6 heteroatoms. The maximum Gasteiger partial charge on any atom is 0.229 e. The summed E-state index contributed by atoms with van der Waals surface area (Å²) in [6.07, 6.45) is 4.79. The zero-order chi connectivity index (χ0) is 20.9. The molecule has 6 rings (SSSR count). The van der Waals surface area contributed by atoms with Crippen molar-refractivity contribution in [2.24, 2.45) is 11.8 Å². The number of ether oxygens (including phenoxy) is 2. The van der Waals surface area contributed by atoms with E-state index in [9.17, 15) is 4.79 Å². The van der Waals surface area contributed by atoms with Gasteiger partial charge in [-0.15, -0.1) is 0 Å². The van der Waals surface area contributed by atoms with Gasteiger partial charge in [-0.25, -0.2) is 0 Å². The average molecular weight is 481 g/mol. The Morgan fingerprint density at radius 2 is 1.84 bits per heavy atom. The number of carbonyl (C=O) groups is 1. The topological polar surface area (TPSA) is 50.8 Å². The van der Waals surface area contributed by atoms with E-state index in [0.717, 1.165) is 29.5 Å². The van der Waals surface area contributed by atoms with Crippen LogP contribution in [0.15, 0.2) is 71.1 Å². The van der Waals surface area contributed by atoms with Gasteiger partial charge in [0.25, 0.3) is 0 Å². The second-order valence-electron chi connectivity index (χ2n) is 8.96. The Morgan fingerprint density at radius 1 is 1.03 bits per heavy atom. The third-order valence-corrected chi connectivity index (χ3v) is 7.97. The molecule has 4 aliphatic heterocycles. The highest BCUT2D eigenvalue weighted by molar-refractivity contribution is 9.10. The molecule has 2 aromatic rings. The van der Waals surface area contributed by atoms with E-state index in [2.05, 4.69) is 74.7 Å². The van der Waals surface area contributed by atoms with Gasteiger partial charge in [0.05, 0.1) is 12.0 Å². The molecule has 3 fully saturated rings. The van der Waals surface area contributed by atoms with E-state index in [1.807, 2.05) is 6.07 Å². The minimum atomic E-state index is -0.0473. The predicted octanol–water partition coefficient (Wildman–Crippen LogP) is 4.68. The van der Waals surface area contributed by atoms with Crippen molar-refractivity contribution in [3.05, 3.63) is 82.2 Å². The summed E-state index contributed by atoms with van der Waals surface area (Å²) in [5.74, 6) is 1.32. The van der Waals surface area contributed by atoms with Crippen LogP contribution in [0.3, 0.4) is 0 Å². The summed E-state index contributed by atoms with van der Waals surface area (Å²) in [5.41, 5.74) is 2.42. The molecule has 1 amide bonds. The van der Waals surface area contributed by atoms with Crippen molar-refractivity contribution >= 4 is 21.8 Å². The summed E-state index contributed by atoms with van der Waals surface area (Å²) in [4.78, 5) is 16.0. The summed E-state index contributed by atoms with van der Waals surface area (Å²) in [7, 11) is 0. The highest BCUT2D eigenvalue weighted by Crippen LogP contribution is 2.58. The van der Waals surface area contributed by atoms with Crippen LogP contribution in [0.2, 0.25) is 0 Å². The van der Waals surface area contributed by atoms with Crippen molar-refractivity contribution < 1.29 is 14.3 Å². The van der Waals surface area contributed by atoms with Gasteiger partial charge in [-0.2, -0.15) is 0 Å². The molecule has 0 aliphatic carbocycles. The lowest BCUT2D eigenvalue weighted by molar-refractivity contribution is -0.124. The maximum absolute atomic E-state index is 13.4. The van der Waals surface area contributed by atoms with Crippen LogP contribution in [0.1, 0.15) is 42.5 Å². The lowest BCUT2D eigenvalue weighted by atomic mass is 9.80. The van der Waals surface area contributed by atoms with Gasteiger partial charge in [0.2, 0.25) is 12.7 Å². The van der Waals surface area contributed by atoms with E-state index in [1.54, 1.807) is 6.26 Å². The molecule has 0 spiro atoms. The first-order chi connectivity index (χ1) is 15.2. The number of hydrogen-bond donors (Lipinski definition) is 1. The van der Waals surface area contributed by atoms with E-state index in [1.165, 1.54) is 11.1 Å². The third-order valence-electron chi connectivity index (χ3n) is 7.44. The van der Waals surface area contributed by atoms with Crippen LogP contribution >= 0.6 is 15.9 Å². The Kier molecular flexibility index (Phi) is 4.80. The summed E-state index contributed by atoms with van der Waals surface area (Å²) >= 11 is 3.56. The monoisotopic (exact) mass is 480 g/mol. The molecule has 1 N–H and O–H groups in total. The molecule has 3 saturated heterocycles. The van der Waals surface area contributed by atoms with E-state index >= 15 is 0 Å². The van der Waals surface area contributed by atoms with Crippen LogP contribution in [-0.4, -0.2) is 29.7 Å². The number of carbonyl (C=O) groups excluding carboxylic acids is 1. The normalized spacial score (nSPS) is 34.0. The van der Waals surface area contributed by atoms with Crippen LogP contribution in [0, 0.1) is 11.8 Å². The number of rotatable bonds is 4. The number of hydrogen-bond acceptors (Lipinski definition) is 4. The smallest absolute Gasteiger partial charge is 0.229 e. The Morgan fingerprint density at radius 3 is 2.58 bits per heavy atom. The zero-order valence-electron chi connectivity index (χ0n) is 17.1. The van der Waals surface area contributed by atoms with Gasteiger partial charge in [0.1, 0.15) is 12.0 Å². The number of fused-ring (bicyclic) bond motifs is 3. The molecule has 6 unspecified atom stereocenters. The van der Waals surface area contributed by atoms with Gasteiger partial charge in [-0.05, 0) is 36.1 Å². The van der Waals surface area contributed by atoms with E-state index < -0.39 is 0 Å². The van der Waals surface area contributed by atoms with E-state index in [4.69, 9.17) is 9.47 Å². The van der Waals surface area contributed by atoms with Gasteiger partial charge in [0, 0.05) is 34.9 Å². The van der Waals surface area contributed by atoms with Gasteiger partial charge < -0.3 is 14.8 Å². The lowest BCUT2D eigenvalue weighted by Crippen LogP contribution is -2.39. The van der Waals surface area contributed by atoms with Crippen molar-refractivity contribution in [1.82, 2.24) is 10.2 Å². The second kappa shape index (κ2) is 7.68. The number of benzene rings is 2. The Labute approximate surface area is 190 Å². The summed E-state index contributed by atoms with van der Waals surface area (Å²) in [6.45, 7) is 0.311. The molecular weight excluding hydrogens is 456 g/mol. The molecule has 5 nitrogen and oxygen atoms in total. The quantitative estimate of drug-likeness (QED) is 0.690. The number of amides is 1. The molecule has 160 valence electrons. The molecule has 0 aromatic heterocycles. The summed E-state index contributed by atoms with van der Waals surface area (Å²) < 4.78 is 12.0. The minimum absolute atomic E-state index is 0.0473. The largest absolute Gasteiger partial charge is 0.462 e. The summed E-state index contributed by atoms with van der Waals surface area (Å²) in [6, 6.07) is 19.8. The van der Waals surface area contributed by atoms with Gasteiger partial charge in [0.15, 0.2) is 0 Å². The third kappa shape index (κ3) is 3.19. The standard InChI is InChI=1S/C25H25BrN2O3/c26-17-8-6-16(7-9-17)24-22-21(23(27-25(22)29)15-4-2-1-3-5-15)20-11-10-18(28(20)24)12-19-13-30-14-31-19/h1-9,13,18,20-24H,10-12,14H2,(H,27,29). The number of nitrogens with zero attached hydrogens (tertiary/aromatic N) is 1. The first-order valence-electron chi connectivity index (χ1n) is 11.0. The average Bonchev–Trinajstić information content (AvgIpc) is 3.55. The molecule has 31 heavy (non-hydrogen) atoms. The fourth-order valence-corrected chi connectivity index (χ4v) is 6.57. The molecule has 4 aliphatic rings. The molecule has 0 radical (unpaired) electrons. The van der Waals surface area contributed by atoms with Gasteiger partial charge >= 0.3 is 0 Å². The lowest BCUT2D eigenvalue weighted by Gasteiger charge is -2.33. The first kappa shape index (κ1) is 19.4. The van der Waals surface area contributed by atoms with Crippen molar-refractivity contribution in [2.45, 2.75) is 43.4 Å². The van der Waals surface area contributed by atoms with E-state index in [-0.39, 0.29) is 29.8 Å². The highest BCUT2D eigenvalue weighted by atomic mass is 79.9. The van der Waals surface area contributed by atoms with Crippen LogP contribution in [0.25, 0.3) is 0 Å². The fraction of sp³-hybridized carbons (Fsp3) is 0.400. The van der Waals surface area contributed by atoms with Crippen molar-refractivity contribution in [3.63, 3.8) is 0 Å². The highest BCUT2D eigenvalue weighted by Gasteiger charge is 2.62. The first-order valence-corrected chi connectivity index (χ1v) is 11.8. The molecule has 0 saturated carbocycles. The molecule has 2 aromatic carbocycles. The Bertz CT molecular complexity index is 1010. The summed E-state index contributed by atoms with van der Waals surface area (Å²) in [5, 5.41) is 3.35.